The van der Waals surface area contributed by atoms with Crippen molar-refractivity contribution in [2.24, 2.45) is 0 Å². The smallest absolute Gasteiger partial charge is 0.394 e. The predicted molar refractivity (Wildman–Crippen MR) is 233 cm³/mol. The maximum Gasteiger partial charge on any atom is 0.397 e. The molecule has 0 spiro atoms. The Bertz CT molecular complexity index is 1220. The topological polar surface area (TPSA) is 212 Å². The Morgan fingerprint density at radius 1 is 0.678 bits per heavy atom. The van der Waals surface area contributed by atoms with Crippen LogP contribution in [0.4, 0.5) is 0 Å². The van der Waals surface area contributed by atoms with Gasteiger partial charge >= 0.3 is 10.4 Å². The van der Waals surface area contributed by atoms with E-state index in [1.807, 2.05) is 0 Å². The standard InChI is InChI=1S/C45H83NO12S/c1-3-5-7-9-11-13-15-17-19-20-22-24-26-28-30-32-34-39(49)44(52)46-37(36-56-45-42(51)43(58-59(53,54)55)41(50)40(35-47)57-45)38(48)33-31-29-27-25-23-21-18-16-14-12-10-8-6-4-2/h14,16,23,25,31,33,37-43,45,47-51H,3-13,15,17-22,24,26-30,32,34-36H2,1-2H3,(H,46,52)(H,53,54,55)/b16-14+,25-23+,33-31+. The third-order valence-electron chi connectivity index (χ3n) is 10.8. The summed E-state index contributed by atoms with van der Waals surface area (Å²) in [4.78, 5) is 13.1. The maximum atomic E-state index is 13.1. The van der Waals surface area contributed by atoms with Crippen LogP contribution in [0.25, 0.3) is 0 Å². The van der Waals surface area contributed by atoms with Crippen LogP contribution in [0.1, 0.15) is 181 Å². The molecule has 0 aliphatic carbocycles. The Morgan fingerprint density at radius 3 is 1.63 bits per heavy atom. The molecule has 0 aromatic rings. The molecule has 0 bridgehead atoms. The lowest BCUT2D eigenvalue weighted by molar-refractivity contribution is -0.298. The summed E-state index contributed by atoms with van der Waals surface area (Å²) in [6.07, 6.45) is 29.4. The van der Waals surface area contributed by atoms with Crippen molar-refractivity contribution < 1.29 is 57.0 Å². The molecule has 346 valence electrons. The van der Waals surface area contributed by atoms with Gasteiger partial charge in [-0.3, -0.25) is 9.35 Å². The van der Waals surface area contributed by atoms with Crippen LogP contribution in [0.2, 0.25) is 0 Å². The van der Waals surface area contributed by atoms with Gasteiger partial charge in [-0.2, -0.15) is 8.42 Å². The third-order valence-corrected chi connectivity index (χ3v) is 11.2. The molecule has 8 unspecified atom stereocenters. The summed E-state index contributed by atoms with van der Waals surface area (Å²) in [5.74, 6) is -0.716. The van der Waals surface area contributed by atoms with Gasteiger partial charge in [-0.15, -0.1) is 0 Å². The molecular weight excluding hydrogens is 779 g/mol. The van der Waals surface area contributed by atoms with Crippen molar-refractivity contribution in [1.29, 1.82) is 0 Å². The zero-order valence-corrected chi connectivity index (χ0v) is 37.2. The second-order valence-corrected chi connectivity index (χ2v) is 17.2. The predicted octanol–water partition coefficient (Wildman–Crippen LogP) is 7.69. The Labute approximate surface area is 357 Å². The van der Waals surface area contributed by atoms with Crippen molar-refractivity contribution in [3.8, 4) is 0 Å². The maximum absolute atomic E-state index is 13.1. The van der Waals surface area contributed by atoms with Crippen LogP contribution in [0.3, 0.4) is 0 Å². The minimum atomic E-state index is -5.12. The molecular formula is C45H83NO12S. The average molecular weight is 862 g/mol. The van der Waals surface area contributed by atoms with Crippen LogP contribution in [0.15, 0.2) is 36.5 Å². The molecule has 0 radical (unpaired) electrons. The van der Waals surface area contributed by atoms with Crippen molar-refractivity contribution in [1.82, 2.24) is 5.32 Å². The van der Waals surface area contributed by atoms with E-state index in [2.05, 4.69) is 47.7 Å². The summed E-state index contributed by atoms with van der Waals surface area (Å²) in [6.45, 7) is 3.16. The van der Waals surface area contributed by atoms with E-state index in [-0.39, 0.29) is 6.42 Å². The zero-order valence-electron chi connectivity index (χ0n) is 36.4. The van der Waals surface area contributed by atoms with Gasteiger partial charge in [0, 0.05) is 0 Å². The minimum absolute atomic E-state index is 0.236. The quantitative estimate of drug-likeness (QED) is 0.0181. The first-order valence-corrected chi connectivity index (χ1v) is 24.3. The number of nitrogens with one attached hydrogen (secondary N) is 1. The molecule has 14 heteroatoms. The Balaban J connectivity index is 2.62. The van der Waals surface area contributed by atoms with Gasteiger partial charge in [0.15, 0.2) is 6.29 Å². The van der Waals surface area contributed by atoms with Gasteiger partial charge in [0.05, 0.1) is 25.4 Å². The molecule has 1 fully saturated rings. The summed E-state index contributed by atoms with van der Waals surface area (Å²) >= 11 is 0. The van der Waals surface area contributed by atoms with Crippen molar-refractivity contribution in [2.75, 3.05) is 13.2 Å². The van der Waals surface area contributed by atoms with Gasteiger partial charge < -0.3 is 40.3 Å². The van der Waals surface area contributed by atoms with E-state index in [1.54, 1.807) is 6.08 Å². The van der Waals surface area contributed by atoms with E-state index in [1.165, 1.54) is 109 Å². The van der Waals surface area contributed by atoms with Gasteiger partial charge in [0.2, 0.25) is 5.91 Å². The highest BCUT2D eigenvalue weighted by Crippen LogP contribution is 2.26. The summed E-state index contributed by atoms with van der Waals surface area (Å²) in [7, 11) is -5.12. The van der Waals surface area contributed by atoms with Gasteiger partial charge in [0.25, 0.3) is 0 Å². The fraction of sp³-hybridized carbons (Fsp3) is 0.844. The number of unbranched alkanes of at least 4 members (excludes halogenated alkanes) is 21. The number of carbonyl (C=O) groups excluding carboxylic acids is 1. The molecule has 59 heavy (non-hydrogen) atoms. The number of amides is 1. The molecule has 7 N–H and O–H groups in total. The molecule has 8 atom stereocenters. The molecule has 1 aliphatic heterocycles. The first-order chi connectivity index (χ1) is 28.4. The molecule has 0 aromatic heterocycles. The number of ether oxygens (including phenoxy) is 2. The monoisotopic (exact) mass is 862 g/mol. The summed E-state index contributed by atoms with van der Waals surface area (Å²) in [6, 6.07) is -1.14. The molecule has 0 aromatic carbocycles. The largest absolute Gasteiger partial charge is 0.397 e. The first-order valence-electron chi connectivity index (χ1n) is 23.0. The number of allylic oxidation sites excluding steroid dienone is 5. The molecule has 1 rings (SSSR count). The minimum Gasteiger partial charge on any atom is -0.394 e. The van der Waals surface area contributed by atoms with Gasteiger partial charge in [-0.1, -0.05) is 172 Å². The molecule has 1 heterocycles. The molecule has 1 amide bonds. The number of carbonyl (C=O) groups is 1. The van der Waals surface area contributed by atoms with Crippen LogP contribution in [0, 0.1) is 0 Å². The van der Waals surface area contributed by atoms with E-state index in [4.69, 9.17) is 9.47 Å². The van der Waals surface area contributed by atoms with Gasteiger partial charge in [-0.25, -0.2) is 4.18 Å². The van der Waals surface area contributed by atoms with Crippen LogP contribution in [0.5, 0.6) is 0 Å². The summed E-state index contributed by atoms with van der Waals surface area (Å²) in [5, 5.41) is 55.1. The van der Waals surface area contributed by atoms with Crippen molar-refractivity contribution in [2.45, 2.75) is 230 Å². The molecule has 1 aliphatic rings. The number of aliphatic hydroxyl groups is 5. The third kappa shape index (κ3) is 28.5. The summed E-state index contributed by atoms with van der Waals surface area (Å²) < 4.78 is 47.4. The highest BCUT2D eigenvalue weighted by molar-refractivity contribution is 7.80. The second kappa shape index (κ2) is 35.8. The lowest BCUT2D eigenvalue weighted by atomic mass is 9.99. The lowest BCUT2D eigenvalue weighted by Crippen LogP contribution is -2.61. The van der Waals surface area contributed by atoms with Gasteiger partial charge in [0.1, 0.15) is 30.5 Å². The Morgan fingerprint density at radius 2 is 1.14 bits per heavy atom. The van der Waals surface area contributed by atoms with E-state index in [0.717, 1.165) is 44.9 Å². The lowest BCUT2D eigenvalue weighted by Gasteiger charge is -2.41. The normalized spacial score (nSPS) is 21.8. The fourth-order valence-electron chi connectivity index (χ4n) is 7.08. The Hall–Kier alpha value is -1.72. The van der Waals surface area contributed by atoms with Gasteiger partial charge in [-0.05, 0) is 44.9 Å². The van der Waals surface area contributed by atoms with Crippen LogP contribution >= 0.6 is 0 Å². The highest BCUT2D eigenvalue weighted by Gasteiger charge is 2.48. The number of hydrogen-bond acceptors (Lipinski definition) is 11. The van der Waals surface area contributed by atoms with Crippen LogP contribution in [-0.2, 0) is 28.9 Å². The first kappa shape index (κ1) is 55.3. The average Bonchev–Trinajstić information content (AvgIpc) is 3.20. The molecule has 1 saturated heterocycles. The molecule has 13 nitrogen and oxygen atoms in total. The van der Waals surface area contributed by atoms with Crippen molar-refractivity contribution >= 4 is 16.3 Å². The van der Waals surface area contributed by atoms with E-state index >= 15 is 0 Å². The summed E-state index contributed by atoms with van der Waals surface area (Å²) in [5.41, 5.74) is 0. The van der Waals surface area contributed by atoms with E-state index in [0.29, 0.717) is 12.8 Å². The van der Waals surface area contributed by atoms with Crippen molar-refractivity contribution in [3.63, 3.8) is 0 Å². The fourth-order valence-corrected chi connectivity index (χ4v) is 7.59. The Kier molecular flexibility index (Phi) is 33.6. The second-order valence-electron chi connectivity index (χ2n) is 16.1. The molecule has 0 saturated carbocycles. The zero-order chi connectivity index (χ0) is 43.6. The number of aliphatic hydroxyl groups excluding tert-OH is 5. The van der Waals surface area contributed by atoms with Crippen molar-refractivity contribution in [3.05, 3.63) is 36.5 Å². The van der Waals surface area contributed by atoms with E-state index in [9.17, 15) is 43.3 Å². The number of rotatable bonds is 38. The number of hydrogen-bond donors (Lipinski definition) is 7. The highest BCUT2D eigenvalue weighted by atomic mass is 32.3. The van der Waals surface area contributed by atoms with E-state index < -0.39 is 78.5 Å². The van der Waals surface area contributed by atoms with Crippen LogP contribution in [-0.4, -0.2) is 107 Å². The van der Waals surface area contributed by atoms with Crippen LogP contribution < -0.4 is 5.32 Å². The SMILES string of the molecule is CCCCCC/C=C/CC/C=C/CC/C=C/C(O)C(COC1OC(CO)C(O)C(OS(=O)(=O)O)C1O)NC(=O)C(O)CCCCCCCCCCCCCCCCCC.